The Morgan fingerprint density at radius 1 is 0.926 bits per heavy atom. The van der Waals surface area contributed by atoms with Crippen LogP contribution in [0.2, 0.25) is 10.0 Å². The number of halogens is 3. The predicted molar refractivity (Wildman–Crippen MR) is 89.6 cm³/mol. The molecule has 1 N–H and O–H groups in total. The summed E-state index contributed by atoms with van der Waals surface area (Å²) < 4.78 is 35.7. The number of aromatic nitrogens is 2. The van der Waals surface area contributed by atoms with Crippen molar-refractivity contribution in [2.75, 3.05) is 5.32 Å². The Morgan fingerprint density at radius 3 is 2.07 bits per heavy atom. The minimum Gasteiger partial charge on any atom is -0.378 e. The molecule has 1 aromatic heterocycles. The first-order valence-corrected chi connectivity index (χ1v) is 9.44. The van der Waals surface area contributed by atoms with Crippen molar-refractivity contribution >= 4 is 28.9 Å². The molecule has 1 heterocycles. The maximum Gasteiger partial charge on any atom is 0.238 e. The fourth-order valence-electron chi connectivity index (χ4n) is 2.05. The third-order valence-corrected chi connectivity index (χ3v) is 3.77. The van der Waals surface area contributed by atoms with Gasteiger partial charge in [0.2, 0.25) is 11.9 Å². The molecule has 10 heteroatoms. The zero-order valence-corrected chi connectivity index (χ0v) is 16.0. The summed E-state index contributed by atoms with van der Waals surface area (Å²) in [6.45, 7) is 0.702. The van der Waals surface area contributed by atoms with Crippen LogP contribution in [0.5, 0.6) is 0 Å². The summed E-state index contributed by atoms with van der Waals surface area (Å²) in [6, 6.07) is 17.6. The average molecular weight is 431 g/mol. The van der Waals surface area contributed by atoms with Crippen LogP contribution in [0.25, 0.3) is 5.69 Å². The smallest absolute Gasteiger partial charge is 0.238 e. The van der Waals surface area contributed by atoms with Crippen LogP contribution in [0.3, 0.4) is 0 Å². The van der Waals surface area contributed by atoms with Gasteiger partial charge in [-0.1, -0.05) is 58.2 Å². The van der Waals surface area contributed by atoms with E-state index in [4.69, 9.17) is 41.8 Å². The maximum absolute atomic E-state index is 8.49. The van der Waals surface area contributed by atoms with Crippen molar-refractivity contribution in [3.05, 3.63) is 82.6 Å². The lowest BCUT2D eigenvalue weighted by Crippen LogP contribution is -2.68. The van der Waals surface area contributed by atoms with E-state index in [2.05, 4.69) is 22.5 Å². The van der Waals surface area contributed by atoms with E-state index in [9.17, 15) is 0 Å². The first kappa shape index (κ1) is 21.3. The number of rotatable bonds is 4. The van der Waals surface area contributed by atoms with Gasteiger partial charge in [0.05, 0.1) is 5.69 Å². The number of nitrogens with one attached hydrogen (secondary N) is 1. The quantitative estimate of drug-likeness (QED) is 0.558. The van der Waals surface area contributed by atoms with Gasteiger partial charge in [-0.15, -0.1) is 10.2 Å². The van der Waals surface area contributed by atoms with Gasteiger partial charge in [-0.25, -0.2) is 18.6 Å². The largest absolute Gasteiger partial charge is 0.378 e. The number of nitrogens with zero attached hydrogens (tertiary/aromatic N) is 2. The third-order valence-electron chi connectivity index (χ3n) is 3.22. The van der Waals surface area contributed by atoms with Gasteiger partial charge in [-0.3, -0.25) is 0 Å². The van der Waals surface area contributed by atoms with Crippen LogP contribution in [0.4, 0.5) is 5.69 Å². The first-order chi connectivity index (χ1) is 12.7. The molecule has 0 aliphatic rings. The summed E-state index contributed by atoms with van der Waals surface area (Å²) >= 11 is 12.2. The van der Waals surface area contributed by atoms with Crippen molar-refractivity contribution in [3.8, 4) is 5.69 Å². The van der Waals surface area contributed by atoms with Crippen molar-refractivity contribution in [3.63, 3.8) is 0 Å². The molecule has 0 bridgehead atoms. The molecule has 2 aromatic carbocycles. The summed E-state index contributed by atoms with van der Waals surface area (Å²) in [5, 5.41) is 8.97. The molecule has 0 saturated carbocycles. The fourth-order valence-corrected chi connectivity index (χ4v) is 2.38. The summed E-state index contributed by atoms with van der Waals surface area (Å²) in [5.74, 6) is 0. The van der Waals surface area contributed by atoms with Crippen molar-refractivity contribution in [1.29, 1.82) is 0 Å². The second kappa shape index (κ2) is 9.82. The zero-order chi connectivity index (χ0) is 19.9. The molecule has 0 unspecified atom stereocenters. The molecule has 0 fully saturated rings. The average Bonchev–Trinajstić information content (AvgIpc) is 2.61. The van der Waals surface area contributed by atoms with E-state index in [0.717, 1.165) is 11.4 Å². The molecular weight excluding hydrogens is 417 g/mol. The van der Waals surface area contributed by atoms with Crippen LogP contribution in [0.15, 0.2) is 67.0 Å². The van der Waals surface area contributed by atoms with Gasteiger partial charge in [-0.2, -0.15) is 0 Å². The standard InChI is InChI=1S/C17H13Cl2N3.ClHO4/c18-14-6-8-15(9-7-14)22-12-16(19)17(11-21-22)20-10-13-4-2-1-3-5-13;2-1(3,4)5/h1-9,11-12H,10H2;(H,2,3,4,5). The zero-order valence-electron chi connectivity index (χ0n) is 13.7. The van der Waals surface area contributed by atoms with Crippen LogP contribution in [-0.4, -0.2) is 5.10 Å². The molecule has 0 atom stereocenters. The highest BCUT2D eigenvalue weighted by Gasteiger charge is 2.12. The Bertz CT molecular complexity index is 854. The number of benzene rings is 2. The minimum absolute atomic E-state index is 0.612. The van der Waals surface area contributed by atoms with E-state index in [-0.39, 0.29) is 0 Å². The van der Waals surface area contributed by atoms with Crippen molar-refractivity contribution in [2.45, 2.75) is 6.54 Å². The van der Waals surface area contributed by atoms with Gasteiger partial charge >= 0.3 is 0 Å². The molecule has 3 rings (SSSR count). The Hall–Kier alpha value is -1.97. The summed E-state index contributed by atoms with van der Waals surface area (Å²) in [4.78, 5) is 0. The first-order valence-electron chi connectivity index (χ1n) is 7.45. The van der Waals surface area contributed by atoms with Crippen LogP contribution in [0.1, 0.15) is 5.56 Å². The van der Waals surface area contributed by atoms with E-state index in [1.807, 2.05) is 42.5 Å². The SMILES string of the molecule is Clc1ccc(-[n+]2cc(Cl)c(NCc3ccccc3)cn2)cc1.[O-][Cl+3]([O-])([O-])[O-]. The van der Waals surface area contributed by atoms with E-state index in [0.29, 0.717) is 16.6 Å². The van der Waals surface area contributed by atoms with Crippen LogP contribution >= 0.6 is 23.2 Å². The normalized spacial score (nSPS) is 10.7. The fraction of sp³-hybridized carbons (Fsp3) is 0.0588. The molecule has 0 radical (unpaired) electrons. The molecule has 3 aromatic rings. The van der Waals surface area contributed by atoms with Gasteiger partial charge in [0.25, 0.3) is 0 Å². The molecule has 0 amide bonds. The maximum atomic E-state index is 8.49. The topological polar surface area (TPSA) is 121 Å². The molecule has 7 nitrogen and oxygen atoms in total. The van der Waals surface area contributed by atoms with Gasteiger partial charge in [0, 0.05) is 28.8 Å². The molecule has 0 aliphatic carbocycles. The lowest BCUT2D eigenvalue weighted by molar-refractivity contribution is -2.00. The molecule has 0 saturated heterocycles. The molecular formula is C17H14Cl3N3O4. The van der Waals surface area contributed by atoms with Crippen molar-refractivity contribution < 1.29 is 33.6 Å². The monoisotopic (exact) mass is 429 g/mol. The predicted octanol–water partition coefficient (Wildman–Crippen LogP) is -0.479. The van der Waals surface area contributed by atoms with Crippen LogP contribution in [-0.2, 0) is 6.54 Å². The van der Waals surface area contributed by atoms with Crippen molar-refractivity contribution in [2.24, 2.45) is 0 Å². The summed E-state index contributed by atoms with van der Waals surface area (Å²) in [5.41, 5.74) is 2.89. The summed E-state index contributed by atoms with van der Waals surface area (Å²) in [6.07, 6.45) is 3.50. The van der Waals surface area contributed by atoms with E-state index < -0.39 is 10.2 Å². The van der Waals surface area contributed by atoms with Gasteiger partial charge in [0.1, 0.15) is 11.2 Å². The third kappa shape index (κ3) is 8.06. The van der Waals surface area contributed by atoms with Crippen LogP contribution in [0, 0.1) is 10.2 Å². The Morgan fingerprint density at radius 2 is 1.52 bits per heavy atom. The van der Waals surface area contributed by atoms with Gasteiger partial charge in [0.15, 0.2) is 0 Å². The number of anilines is 1. The summed E-state index contributed by atoms with van der Waals surface area (Å²) in [7, 11) is -4.94. The minimum atomic E-state index is -4.94. The number of hydrogen-bond donors (Lipinski definition) is 1. The Kier molecular flexibility index (Phi) is 7.76. The van der Waals surface area contributed by atoms with Crippen molar-refractivity contribution in [1.82, 2.24) is 5.10 Å². The second-order valence-corrected chi connectivity index (χ2v) is 6.77. The molecule has 27 heavy (non-hydrogen) atoms. The highest BCUT2D eigenvalue weighted by molar-refractivity contribution is 6.32. The van der Waals surface area contributed by atoms with E-state index in [1.54, 1.807) is 17.1 Å². The van der Waals surface area contributed by atoms with Gasteiger partial charge < -0.3 is 5.32 Å². The van der Waals surface area contributed by atoms with Crippen LogP contribution < -0.4 is 28.6 Å². The lowest BCUT2D eigenvalue weighted by Gasteiger charge is -2.17. The van der Waals surface area contributed by atoms with E-state index >= 15 is 0 Å². The second-order valence-electron chi connectivity index (χ2n) is 5.17. The molecule has 142 valence electrons. The molecule has 0 spiro atoms. The van der Waals surface area contributed by atoms with Gasteiger partial charge in [-0.05, 0) is 17.7 Å². The highest BCUT2D eigenvalue weighted by Crippen LogP contribution is 2.19. The Labute approximate surface area is 167 Å². The number of hydrogen-bond acceptors (Lipinski definition) is 6. The lowest BCUT2D eigenvalue weighted by atomic mass is 10.2. The highest BCUT2D eigenvalue weighted by atomic mass is 35.7. The molecule has 0 aliphatic heterocycles. The Balaban J connectivity index is 0.000000465. The van der Waals surface area contributed by atoms with E-state index in [1.165, 1.54) is 5.56 Å².